The normalized spacial score (nSPS) is 17.9. The van der Waals surface area contributed by atoms with Crippen molar-refractivity contribution in [2.45, 2.75) is 44.9 Å². The van der Waals surface area contributed by atoms with E-state index < -0.39 is 11.6 Å². The first-order valence-electron chi connectivity index (χ1n) is 13.6. The van der Waals surface area contributed by atoms with Gasteiger partial charge in [-0.2, -0.15) is 0 Å². The molecule has 214 valence electrons. The quantitative estimate of drug-likeness (QED) is 0.101. The first kappa shape index (κ1) is 30.1. The Morgan fingerprint density at radius 3 is 2.51 bits per heavy atom. The number of halogens is 1. The van der Waals surface area contributed by atoms with E-state index in [0.717, 1.165) is 21.2 Å². The minimum atomic E-state index is -1.33. The molecule has 1 heterocycles. The van der Waals surface area contributed by atoms with E-state index in [1.165, 1.54) is 0 Å². The molecule has 2 atom stereocenters. The monoisotopic (exact) mass is 619 g/mol. The molecule has 2 N–H and O–H groups in total. The van der Waals surface area contributed by atoms with Crippen LogP contribution in [0.3, 0.4) is 0 Å². The topological polar surface area (TPSA) is 129 Å². The predicted octanol–water partition coefficient (Wildman–Crippen LogP) is 6.29. The highest BCUT2D eigenvalue weighted by atomic mass is 79.9. The molecule has 0 saturated carbocycles. The molecule has 0 aromatic heterocycles. The largest absolute Gasteiger partial charge is 0.494 e. The lowest BCUT2D eigenvalue weighted by Gasteiger charge is -2.31. The second kappa shape index (κ2) is 14.2. The maximum absolute atomic E-state index is 14.2. The number of aliphatic imine (C=N–C) groups is 1. The van der Waals surface area contributed by atoms with E-state index in [9.17, 15) is 4.79 Å². The Hall–Kier alpha value is -3.85. The number of nitrogens with one attached hydrogen (secondary N) is 1. The van der Waals surface area contributed by atoms with Crippen molar-refractivity contribution in [3.05, 3.63) is 110 Å². The van der Waals surface area contributed by atoms with Crippen molar-refractivity contribution in [3.8, 4) is 5.75 Å². The molecule has 0 radical (unpaired) electrons. The number of azide groups is 1. The Morgan fingerprint density at radius 1 is 1.15 bits per heavy atom. The number of amides is 1. The van der Waals surface area contributed by atoms with Crippen molar-refractivity contribution >= 4 is 27.7 Å². The minimum absolute atomic E-state index is 0.0626. The van der Waals surface area contributed by atoms with Gasteiger partial charge in [-0.15, -0.1) is 0 Å². The summed E-state index contributed by atoms with van der Waals surface area (Å²) in [6, 6.07) is 22.7. The number of hydrogen-bond donors (Lipinski definition) is 2. The zero-order valence-corrected chi connectivity index (χ0v) is 24.8. The maximum Gasteiger partial charge on any atom is 0.252 e. The number of aliphatic hydroxyl groups excluding tert-OH is 1. The van der Waals surface area contributed by atoms with E-state index in [2.05, 4.69) is 31.3 Å². The number of hydrogen-bond acceptors (Lipinski definition) is 6. The van der Waals surface area contributed by atoms with Gasteiger partial charge >= 0.3 is 0 Å². The van der Waals surface area contributed by atoms with Gasteiger partial charge in [0, 0.05) is 40.9 Å². The van der Waals surface area contributed by atoms with Crippen LogP contribution in [0.15, 0.2) is 87.4 Å². The summed E-state index contributed by atoms with van der Waals surface area (Å²) in [6.07, 6.45) is 0.0631. The maximum atomic E-state index is 14.2. The van der Waals surface area contributed by atoms with E-state index in [4.69, 9.17) is 25.1 Å². The van der Waals surface area contributed by atoms with E-state index >= 15 is 0 Å². The number of carbonyl (C=O) groups is 1. The van der Waals surface area contributed by atoms with Crippen molar-refractivity contribution in [3.63, 3.8) is 0 Å². The Bertz CT molecular complexity index is 1400. The lowest BCUT2D eigenvalue weighted by Crippen LogP contribution is -2.50. The van der Waals surface area contributed by atoms with Crippen LogP contribution in [-0.4, -0.2) is 42.2 Å². The Balaban J connectivity index is 1.81. The third kappa shape index (κ3) is 7.47. The van der Waals surface area contributed by atoms with Crippen LogP contribution in [0.1, 0.15) is 48.6 Å². The third-order valence-electron chi connectivity index (χ3n) is 6.76. The number of rotatable bonds is 13. The summed E-state index contributed by atoms with van der Waals surface area (Å²) >= 11 is 3.50. The second-order valence-electron chi connectivity index (χ2n) is 10.3. The number of nitrogens with zero attached hydrogens (tertiary/aromatic N) is 4. The molecule has 0 bridgehead atoms. The van der Waals surface area contributed by atoms with Gasteiger partial charge in [-0.1, -0.05) is 71.3 Å². The van der Waals surface area contributed by atoms with Crippen molar-refractivity contribution in [1.82, 2.24) is 5.32 Å². The number of benzene rings is 3. The molecule has 3 aromatic rings. The summed E-state index contributed by atoms with van der Waals surface area (Å²) in [6.45, 7) is 5.20. The van der Waals surface area contributed by atoms with Crippen LogP contribution in [0, 0.1) is 5.92 Å². The number of aliphatic hydroxyl groups is 1. The fraction of sp³-hybridized carbons (Fsp3) is 0.355. The Kier molecular flexibility index (Phi) is 10.4. The van der Waals surface area contributed by atoms with Crippen LogP contribution in [0.5, 0.6) is 5.75 Å². The Labute approximate surface area is 248 Å². The molecule has 3 aromatic carbocycles. The highest BCUT2D eigenvalue weighted by Gasteiger charge is 2.53. The third-order valence-corrected chi connectivity index (χ3v) is 7.28. The van der Waals surface area contributed by atoms with Crippen molar-refractivity contribution in [1.29, 1.82) is 0 Å². The van der Waals surface area contributed by atoms with Crippen molar-refractivity contribution in [2.75, 3.05) is 19.8 Å². The van der Waals surface area contributed by atoms with Crippen LogP contribution in [-0.2, 0) is 22.5 Å². The van der Waals surface area contributed by atoms with Crippen LogP contribution in [0.2, 0.25) is 0 Å². The fourth-order valence-corrected chi connectivity index (χ4v) is 4.92. The van der Waals surface area contributed by atoms with Gasteiger partial charge in [0.05, 0.1) is 13.2 Å². The van der Waals surface area contributed by atoms with E-state index in [1.807, 2.05) is 86.6 Å². The molecular formula is C31H34BrN5O4. The fourth-order valence-electron chi connectivity index (χ4n) is 4.65. The molecule has 0 saturated heterocycles. The minimum Gasteiger partial charge on any atom is -0.494 e. The standard InChI is InChI=1S/C31H34BrN5O4/c1-21(2)19-34-30(39)31(18-24-6-3-4-7-25(24)20-35-37-33)28(22-8-12-26(32)13-9-22)41-29(36-31)23-10-14-27(15-11-23)40-17-5-16-38/h3-4,6-15,21,28,38H,5,16-20H2,1-2H3,(H,34,39)/t28-,31-/m1/s1. The van der Waals surface area contributed by atoms with Crippen LogP contribution in [0.25, 0.3) is 10.4 Å². The molecule has 9 nitrogen and oxygen atoms in total. The van der Waals surface area contributed by atoms with Gasteiger partial charge < -0.3 is 19.9 Å². The number of ether oxygens (including phenoxy) is 2. The molecule has 0 unspecified atom stereocenters. The smallest absolute Gasteiger partial charge is 0.252 e. The van der Waals surface area contributed by atoms with Crippen LogP contribution < -0.4 is 10.1 Å². The molecule has 0 aliphatic carbocycles. The van der Waals surface area contributed by atoms with E-state index in [-0.39, 0.29) is 31.4 Å². The van der Waals surface area contributed by atoms with Gasteiger partial charge in [0.2, 0.25) is 5.90 Å². The molecule has 0 fully saturated rings. The molecular weight excluding hydrogens is 586 g/mol. The van der Waals surface area contributed by atoms with Gasteiger partial charge in [0.1, 0.15) is 5.75 Å². The highest BCUT2D eigenvalue weighted by Crippen LogP contribution is 2.43. The first-order chi connectivity index (χ1) is 19.9. The Morgan fingerprint density at radius 2 is 1.85 bits per heavy atom. The molecule has 41 heavy (non-hydrogen) atoms. The van der Waals surface area contributed by atoms with Crippen molar-refractivity contribution in [2.24, 2.45) is 16.0 Å². The van der Waals surface area contributed by atoms with Crippen molar-refractivity contribution < 1.29 is 19.4 Å². The SMILES string of the molecule is CC(C)CNC(=O)[C@]1(Cc2ccccc2CN=[N+]=[N-])N=C(c2ccc(OCCCO)cc2)O[C@@H]1c1ccc(Br)cc1. The lowest BCUT2D eigenvalue weighted by atomic mass is 9.81. The van der Waals surface area contributed by atoms with E-state index in [1.54, 1.807) is 0 Å². The molecule has 1 amide bonds. The van der Waals surface area contributed by atoms with Crippen LogP contribution >= 0.6 is 15.9 Å². The average molecular weight is 621 g/mol. The molecule has 1 aliphatic heterocycles. The first-order valence-corrected chi connectivity index (χ1v) is 14.4. The van der Waals surface area contributed by atoms with Gasteiger partial charge in [-0.25, -0.2) is 4.99 Å². The van der Waals surface area contributed by atoms with E-state index in [0.29, 0.717) is 36.8 Å². The summed E-state index contributed by atoms with van der Waals surface area (Å²) < 4.78 is 13.2. The summed E-state index contributed by atoms with van der Waals surface area (Å²) in [4.78, 5) is 22.2. The molecule has 0 spiro atoms. The molecule has 10 heteroatoms. The average Bonchev–Trinajstić information content (AvgIpc) is 3.36. The van der Waals surface area contributed by atoms with Gasteiger partial charge in [0.15, 0.2) is 11.6 Å². The van der Waals surface area contributed by atoms with Crippen LogP contribution in [0.4, 0.5) is 0 Å². The van der Waals surface area contributed by atoms with Gasteiger partial charge in [0.25, 0.3) is 5.91 Å². The summed E-state index contributed by atoms with van der Waals surface area (Å²) in [7, 11) is 0. The lowest BCUT2D eigenvalue weighted by molar-refractivity contribution is -0.129. The second-order valence-corrected chi connectivity index (χ2v) is 11.2. The van der Waals surface area contributed by atoms with Gasteiger partial charge in [-0.05, 0) is 64.5 Å². The van der Waals surface area contributed by atoms with Gasteiger partial charge in [-0.3, -0.25) is 4.79 Å². The zero-order valence-electron chi connectivity index (χ0n) is 23.2. The number of carbonyl (C=O) groups excluding carboxylic acids is 1. The molecule has 4 rings (SSSR count). The zero-order chi connectivity index (χ0) is 29.2. The molecule has 1 aliphatic rings. The summed E-state index contributed by atoms with van der Waals surface area (Å²) in [5.74, 6) is 1.02. The predicted molar refractivity (Wildman–Crippen MR) is 162 cm³/mol. The highest BCUT2D eigenvalue weighted by molar-refractivity contribution is 9.10. The summed E-state index contributed by atoms with van der Waals surface area (Å²) in [5, 5.41) is 15.9. The summed E-state index contributed by atoms with van der Waals surface area (Å²) in [5.41, 5.74) is 10.8.